The minimum atomic E-state index is -0.128. The number of rotatable bonds is 2. The molecule has 120 valence electrons. The number of anilines is 2. The second-order valence-electron chi connectivity index (χ2n) is 5.41. The predicted octanol–water partition coefficient (Wildman–Crippen LogP) is 2.79. The van der Waals surface area contributed by atoms with E-state index in [9.17, 15) is 4.79 Å². The van der Waals surface area contributed by atoms with Crippen molar-refractivity contribution >= 4 is 29.1 Å². The average Bonchev–Trinajstić information content (AvgIpc) is 2.57. The molecule has 23 heavy (non-hydrogen) atoms. The highest BCUT2D eigenvalue weighted by Gasteiger charge is 2.23. The van der Waals surface area contributed by atoms with Crippen LogP contribution in [-0.4, -0.2) is 47.1 Å². The fourth-order valence-corrected chi connectivity index (χ4v) is 2.78. The van der Waals surface area contributed by atoms with E-state index in [4.69, 9.17) is 11.6 Å². The van der Waals surface area contributed by atoms with Gasteiger partial charge in [-0.05, 0) is 19.1 Å². The highest BCUT2D eigenvalue weighted by atomic mass is 35.5. The van der Waals surface area contributed by atoms with Crippen LogP contribution in [0.1, 0.15) is 5.56 Å². The highest BCUT2D eigenvalue weighted by molar-refractivity contribution is 6.33. The maximum absolute atomic E-state index is 12.3. The van der Waals surface area contributed by atoms with Crippen molar-refractivity contribution in [3.05, 3.63) is 47.4 Å². The molecule has 0 radical (unpaired) electrons. The van der Waals surface area contributed by atoms with Gasteiger partial charge in [0.05, 0.1) is 10.7 Å². The molecule has 2 heterocycles. The molecule has 7 heteroatoms. The maximum atomic E-state index is 12.3. The number of carbonyl (C=O) groups is 1. The Kier molecular flexibility index (Phi) is 4.62. The third-order valence-electron chi connectivity index (χ3n) is 3.85. The van der Waals surface area contributed by atoms with Gasteiger partial charge in [0.1, 0.15) is 12.1 Å². The molecule has 3 rings (SSSR count). The van der Waals surface area contributed by atoms with Gasteiger partial charge in [-0.15, -0.1) is 0 Å². The molecule has 0 saturated carbocycles. The summed E-state index contributed by atoms with van der Waals surface area (Å²) in [7, 11) is 0. The molecule has 0 bridgehead atoms. The monoisotopic (exact) mass is 331 g/mol. The minimum absolute atomic E-state index is 0.128. The molecule has 0 atom stereocenters. The molecular formula is C16H18ClN5O. The number of carbonyl (C=O) groups excluding carboxylic acids is 1. The third-order valence-corrected chi connectivity index (χ3v) is 4.18. The molecule has 2 amide bonds. The maximum Gasteiger partial charge on any atom is 0.322 e. The summed E-state index contributed by atoms with van der Waals surface area (Å²) in [5.74, 6) is 0.936. The van der Waals surface area contributed by atoms with E-state index in [1.54, 1.807) is 29.6 Å². The van der Waals surface area contributed by atoms with Crippen LogP contribution in [0.15, 0.2) is 36.8 Å². The number of benzene rings is 1. The van der Waals surface area contributed by atoms with Gasteiger partial charge >= 0.3 is 6.03 Å². The molecule has 1 aliphatic heterocycles. The minimum Gasteiger partial charge on any atom is -0.353 e. The van der Waals surface area contributed by atoms with Crippen LogP contribution in [0.25, 0.3) is 0 Å². The van der Waals surface area contributed by atoms with Crippen LogP contribution in [-0.2, 0) is 0 Å². The Hall–Kier alpha value is -2.34. The van der Waals surface area contributed by atoms with Gasteiger partial charge in [0.25, 0.3) is 0 Å². The normalized spacial score (nSPS) is 14.7. The summed E-state index contributed by atoms with van der Waals surface area (Å²) >= 11 is 6.07. The fraction of sp³-hybridized carbons (Fsp3) is 0.312. The van der Waals surface area contributed by atoms with E-state index < -0.39 is 0 Å². The predicted molar refractivity (Wildman–Crippen MR) is 91.0 cm³/mol. The lowest BCUT2D eigenvalue weighted by Gasteiger charge is -2.35. The van der Waals surface area contributed by atoms with Gasteiger partial charge in [0, 0.05) is 37.9 Å². The summed E-state index contributed by atoms with van der Waals surface area (Å²) in [6.07, 6.45) is 3.36. The molecule has 1 fully saturated rings. The van der Waals surface area contributed by atoms with Crippen molar-refractivity contribution in [1.29, 1.82) is 0 Å². The van der Waals surface area contributed by atoms with E-state index in [2.05, 4.69) is 20.2 Å². The molecule has 0 unspecified atom stereocenters. The zero-order valence-electron chi connectivity index (χ0n) is 12.9. The van der Waals surface area contributed by atoms with Crippen molar-refractivity contribution in [2.24, 2.45) is 0 Å². The number of aryl methyl sites for hydroxylation is 1. The van der Waals surface area contributed by atoms with Crippen LogP contribution in [0.5, 0.6) is 0 Å². The fourth-order valence-electron chi connectivity index (χ4n) is 2.60. The smallest absolute Gasteiger partial charge is 0.322 e. The number of hydrogen-bond donors (Lipinski definition) is 1. The quantitative estimate of drug-likeness (QED) is 0.919. The Labute approximate surface area is 140 Å². The molecule has 2 aromatic rings. The summed E-state index contributed by atoms with van der Waals surface area (Å²) in [6.45, 7) is 4.76. The van der Waals surface area contributed by atoms with Gasteiger partial charge in [-0.1, -0.05) is 23.7 Å². The zero-order chi connectivity index (χ0) is 16.2. The Bertz CT molecular complexity index is 700. The van der Waals surface area contributed by atoms with Crippen LogP contribution < -0.4 is 10.2 Å². The molecule has 0 aliphatic carbocycles. The van der Waals surface area contributed by atoms with E-state index in [-0.39, 0.29) is 6.03 Å². The highest BCUT2D eigenvalue weighted by Crippen LogP contribution is 2.21. The third kappa shape index (κ3) is 3.53. The first kappa shape index (κ1) is 15.6. The van der Waals surface area contributed by atoms with Crippen LogP contribution in [0.3, 0.4) is 0 Å². The van der Waals surface area contributed by atoms with E-state index in [0.29, 0.717) is 23.8 Å². The van der Waals surface area contributed by atoms with Crippen LogP contribution >= 0.6 is 11.6 Å². The van der Waals surface area contributed by atoms with Gasteiger partial charge in [0.15, 0.2) is 0 Å². The lowest BCUT2D eigenvalue weighted by atomic mass is 10.2. The molecule has 1 N–H and O–H groups in total. The number of nitrogens with zero attached hydrogens (tertiary/aromatic N) is 4. The summed E-state index contributed by atoms with van der Waals surface area (Å²) in [5, 5.41) is 3.39. The summed E-state index contributed by atoms with van der Waals surface area (Å²) in [6, 6.07) is 7.10. The lowest BCUT2D eigenvalue weighted by molar-refractivity contribution is 0.208. The lowest BCUT2D eigenvalue weighted by Crippen LogP contribution is -2.50. The number of aromatic nitrogens is 2. The molecule has 1 saturated heterocycles. The van der Waals surface area contributed by atoms with Gasteiger partial charge in [-0.2, -0.15) is 0 Å². The molecule has 0 spiro atoms. The average molecular weight is 332 g/mol. The standard InChI is InChI=1S/C16H18ClN5O/c1-12-10-18-11-19-15(12)21-6-8-22(9-7-21)16(23)20-14-5-3-2-4-13(14)17/h2-5,10-11H,6-9H2,1H3,(H,20,23). The van der Waals surface area contributed by atoms with E-state index in [1.165, 1.54) is 0 Å². The largest absolute Gasteiger partial charge is 0.353 e. The van der Waals surface area contributed by atoms with Crippen LogP contribution in [0.4, 0.5) is 16.3 Å². The van der Waals surface area contributed by atoms with Gasteiger partial charge in [-0.3, -0.25) is 0 Å². The number of hydrogen-bond acceptors (Lipinski definition) is 4. The van der Waals surface area contributed by atoms with Crippen LogP contribution in [0, 0.1) is 6.92 Å². The number of amides is 2. The first-order valence-electron chi connectivity index (χ1n) is 7.47. The first-order chi connectivity index (χ1) is 11.1. The number of piperazine rings is 1. The van der Waals surface area contributed by atoms with Crippen molar-refractivity contribution < 1.29 is 4.79 Å². The first-order valence-corrected chi connectivity index (χ1v) is 7.85. The second-order valence-corrected chi connectivity index (χ2v) is 5.82. The number of nitrogens with one attached hydrogen (secondary N) is 1. The summed E-state index contributed by atoms with van der Waals surface area (Å²) in [5.41, 5.74) is 1.68. The topological polar surface area (TPSA) is 61.4 Å². The summed E-state index contributed by atoms with van der Waals surface area (Å²) in [4.78, 5) is 24.6. The van der Waals surface area contributed by atoms with Crippen molar-refractivity contribution in [3.63, 3.8) is 0 Å². The second kappa shape index (κ2) is 6.83. The van der Waals surface area contributed by atoms with Crippen LogP contribution in [0.2, 0.25) is 5.02 Å². The molecular weight excluding hydrogens is 314 g/mol. The van der Waals surface area contributed by atoms with Gasteiger partial charge in [-0.25, -0.2) is 14.8 Å². The Balaban J connectivity index is 1.60. The van der Waals surface area contributed by atoms with Crippen molar-refractivity contribution in [1.82, 2.24) is 14.9 Å². The van der Waals surface area contributed by atoms with E-state index >= 15 is 0 Å². The Morgan fingerprint density at radius 2 is 1.96 bits per heavy atom. The SMILES string of the molecule is Cc1cncnc1N1CCN(C(=O)Nc2ccccc2Cl)CC1. The zero-order valence-corrected chi connectivity index (χ0v) is 13.6. The Morgan fingerprint density at radius 3 is 2.65 bits per heavy atom. The number of halogens is 1. The van der Waals surface area contributed by atoms with E-state index in [1.807, 2.05) is 19.1 Å². The number of urea groups is 1. The van der Waals surface area contributed by atoms with E-state index in [0.717, 1.165) is 24.5 Å². The van der Waals surface area contributed by atoms with Crippen molar-refractivity contribution in [2.75, 3.05) is 36.4 Å². The molecule has 1 aliphatic rings. The Morgan fingerprint density at radius 1 is 1.22 bits per heavy atom. The summed E-state index contributed by atoms with van der Waals surface area (Å²) < 4.78 is 0. The molecule has 1 aromatic heterocycles. The molecule has 6 nitrogen and oxygen atoms in total. The number of para-hydroxylation sites is 1. The van der Waals surface area contributed by atoms with Crippen molar-refractivity contribution in [3.8, 4) is 0 Å². The van der Waals surface area contributed by atoms with Gasteiger partial charge in [0.2, 0.25) is 0 Å². The van der Waals surface area contributed by atoms with Gasteiger partial charge < -0.3 is 15.1 Å². The van der Waals surface area contributed by atoms with Crippen molar-refractivity contribution in [2.45, 2.75) is 6.92 Å². The molecule has 1 aromatic carbocycles.